The smallest absolute Gasteiger partial charge is 0.148 e. The van der Waals surface area contributed by atoms with E-state index in [1.54, 1.807) is 6.07 Å². The Bertz CT molecular complexity index is 370. The van der Waals surface area contributed by atoms with Gasteiger partial charge in [0.05, 0.1) is 11.4 Å². The van der Waals surface area contributed by atoms with Gasteiger partial charge >= 0.3 is 0 Å². The lowest BCUT2D eigenvalue weighted by Crippen LogP contribution is -2.20. The van der Waals surface area contributed by atoms with Crippen molar-refractivity contribution in [2.24, 2.45) is 11.8 Å². The Balaban J connectivity index is 1.87. The van der Waals surface area contributed by atoms with Crippen LogP contribution in [0.2, 0.25) is 0 Å². The number of benzene rings is 1. The van der Waals surface area contributed by atoms with Crippen LogP contribution in [-0.4, -0.2) is 6.54 Å². The molecule has 0 bridgehead atoms. The maximum Gasteiger partial charge on any atom is 0.148 e. The fourth-order valence-corrected chi connectivity index (χ4v) is 2.48. The van der Waals surface area contributed by atoms with Gasteiger partial charge in [-0.2, -0.15) is 0 Å². The van der Waals surface area contributed by atoms with E-state index in [2.05, 4.69) is 12.2 Å². The second-order valence-corrected chi connectivity index (χ2v) is 5.21. The van der Waals surface area contributed by atoms with Crippen molar-refractivity contribution in [2.45, 2.75) is 32.6 Å². The van der Waals surface area contributed by atoms with Gasteiger partial charge in [0.15, 0.2) is 0 Å². The summed E-state index contributed by atoms with van der Waals surface area (Å²) >= 11 is 0. The zero-order valence-corrected chi connectivity index (χ0v) is 10.4. The molecule has 1 aromatic carbocycles. The van der Waals surface area contributed by atoms with Crippen LogP contribution in [0, 0.1) is 17.7 Å². The molecule has 17 heavy (non-hydrogen) atoms. The normalized spacial score (nSPS) is 24.6. The van der Waals surface area contributed by atoms with E-state index in [1.807, 2.05) is 6.07 Å². The Labute approximate surface area is 102 Å². The minimum absolute atomic E-state index is 0.233. The third-order valence-corrected chi connectivity index (χ3v) is 3.77. The summed E-state index contributed by atoms with van der Waals surface area (Å²) in [4.78, 5) is 0. The minimum Gasteiger partial charge on any atom is -0.395 e. The molecule has 0 atom stereocenters. The molecule has 0 amide bonds. The first-order valence-corrected chi connectivity index (χ1v) is 6.44. The molecule has 0 aliphatic heterocycles. The van der Waals surface area contributed by atoms with E-state index in [1.165, 1.54) is 31.7 Å². The van der Waals surface area contributed by atoms with Gasteiger partial charge in [-0.05, 0) is 36.8 Å². The third kappa shape index (κ3) is 3.11. The quantitative estimate of drug-likeness (QED) is 0.786. The van der Waals surface area contributed by atoms with Crippen LogP contribution in [0.15, 0.2) is 18.2 Å². The Morgan fingerprint density at radius 2 is 2.00 bits per heavy atom. The van der Waals surface area contributed by atoms with Gasteiger partial charge in [-0.15, -0.1) is 0 Å². The van der Waals surface area contributed by atoms with E-state index in [0.717, 1.165) is 18.2 Å². The van der Waals surface area contributed by atoms with Crippen molar-refractivity contribution in [3.8, 4) is 0 Å². The molecule has 1 aromatic rings. The highest BCUT2D eigenvalue weighted by Crippen LogP contribution is 2.29. The van der Waals surface area contributed by atoms with Crippen molar-refractivity contribution in [3.63, 3.8) is 0 Å². The van der Waals surface area contributed by atoms with Gasteiger partial charge in [-0.25, -0.2) is 4.39 Å². The first-order valence-electron chi connectivity index (χ1n) is 6.44. The predicted molar refractivity (Wildman–Crippen MR) is 70.4 cm³/mol. The predicted octanol–water partition coefficient (Wildman–Crippen LogP) is 3.65. The van der Waals surface area contributed by atoms with Gasteiger partial charge < -0.3 is 11.1 Å². The van der Waals surface area contributed by atoms with Gasteiger partial charge in [0.1, 0.15) is 5.82 Å². The average Bonchev–Trinajstić information content (AvgIpc) is 2.33. The lowest BCUT2D eigenvalue weighted by Gasteiger charge is -2.26. The number of nitrogen functional groups attached to an aromatic ring is 1. The van der Waals surface area contributed by atoms with Crippen LogP contribution in [-0.2, 0) is 0 Å². The summed E-state index contributed by atoms with van der Waals surface area (Å²) < 4.78 is 13.2. The number of anilines is 2. The average molecular weight is 236 g/mol. The molecular weight excluding hydrogens is 215 g/mol. The van der Waals surface area contributed by atoms with Crippen LogP contribution in [0.4, 0.5) is 15.8 Å². The molecular formula is C14H21FN2. The number of halogens is 1. The number of rotatable bonds is 3. The highest BCUT2D eigenvalue weighted by atomic mass is 19.1. The van der Waals surface area contributed by atoms with Crippen LogP contribution >= 0.6 is 0 Å². The summed E-state index contributed by atoms with van der Waals surface area (Å²) in [6.07, 6.45) is 5.16. The molecule has 1 aliphatic carbocycles. The van der Waals surface area contributed by atoms with E-state index in [4.69, 9.17) is 5.73 Å². The van der Waals surface area contributed by atoms with E-state index in [9.17, 15) is 4.39 Å². The monoisotopic (exact) mass is 236 g/mol. The standard InChI is InChI=1S/C14H21FN2/c1-10-5-7-11(8-6-10)9-17-13-4-2-3-12(15)14(13)16/h2-4,10-11,17H,5-9,16H2,1H3. The summed E-state index contributed by atoms with van der Waals surface area (Å²) in [6, 6.07) is 4.92. The molecule has 3 heteroatoms. The molecule has 0 spiro atoms. The SMILES string of the molecule is CC1CCC(CNc2cccc(F)c2N)CC1. The van der Waals surface area contributed by atoms with E-state index >= 15 is 0 Å². The number of hydrogen-bond acceptors (Lipinski definition) is 2. The maximum atomic E-state index is 13.2. The van der Waals surface area contributed by atoms with Crippen LogP contribution in [0.1, 0.15) is 32.6 Å². The Kier molecular flexibility index (Phi) is 3.87. The highest BCUT2D eigenvalue weighted by molar-refractivity contribution is 5.66. The first kappa shape index (κ1) is 12.2. The van der Waals surface area contributed by atoms with Crippen LogP contribution in [0.3, 0.4) is 0 Å². The molecule has 94 valence electrons. The summed E-state index contributed by atoms with van der Waals surface area (Å²) in [5.74, 6) is 1.23. The summed E-state index contributed by atoms with van der Waals surface area (Å²) in [7, 11) is 0. The number of para-hydroxylation sites is 1. The number of nitrogens with two attached hydrogens (primary N) is 1. The Hall–Kier alpha value is -1.25. The van der Waals surface area contributed by atoms with Crippen LogP contribution < -0.4 is 11.1 Å². The molecule has 1 fully saturated rings. The molecule has 0 heterocycles. The molecule has 1 saturated carbocycles. The van der Waals surface area contributed by atoms with Gasteiger partial charge in [0.25, 0.3) is 0 Å². The molecule has 3 N–H and O–H groups in total. The molecule has 2 rings (SSSR count). The fourth-order valence-electron chi connectivity index (χ4n) is 2.48. The van der Waals surface area contributed by atoms with E-state index in [-0.39, 0.29) is 11.5 Å². The summed E-state index contributed by atoms with van der Waals surface area (Å²) in [5.41, 5.74) is 6.64. The molecule has 0 radical (unpaired) electrons. The first-order chi connectivity index (χ1) is 8.16. The van der Waals surface area contributed by atoms with Crippen molar-refractivity contribution in [1.82, 2.24) is 0 Å². The van der Waals surface area contributed by atoms with Crippen LogP contribution in [0.25, 0.3) is 0 Å². The highest BCUT2D eigenvalue weighted by Gasteiger charge is 2.18. The second-order valence-electron chi connectivity index (χ2n) is 5.21. The topological polar surface area (TPSA) is 38.0 Å². The molecule has 1 aliphatic rings. The van der Waals surface area contributed by atoms with Gasteiger partial charge in [0, 0.05) is 6.54 Å². The molecule has 0 saturated heterocycles. The minimum atomic E-state index is -0.340. The second kappa shape index (κ2) is 5.39. The van der Waals surface area contributed by atoms with E-state index < -0.39 is 0 Å². The third-order valence-electron chi connectivity index (χ3n) is 3.77. The van der Waals surface area contributed by atoms with Gasteiger partial charge in [-0.1, -0.05) is 25.8 Å². The fraction of sp³-hybridized carbons (Fsp3) is 0.571. The van der Waals surface area contributed by atoms with E-state index in [0.29, 0.717) is 5.92 Å². The van der Waals surface area contributed by atoms with Crippen molar-refractivity contribution in [1.29, 1.82) is 0 Å². The largest absolute Gasteiger partial charge is 0.395 e. The summed E-state index contributed by atoms with van der Waals surface area (Å²) in [6.45, 7) is 3.22. The lowest BCUT2D eigenvalue weighted by molar-refractivity contribution is 0.300. The lowest BCUT2D eigenvalue weighted by atomic mass is 9.83. The summed E-state index contributed by atoms with van der Waals surface area (Å²) in [5, 5.41) is 3.27. The molecule has 0 unspecified atom stereocenters. The van der Waals surface area contributed by atoms with Crippen molar-refractivity contribution in [2.75, 3.05) is 17.6 Å². The van der Waals surface area contributed by atoms with Gasteiger partial charge in [-0.3, -0.25) is 0 Å². The van der Waals surface area contributed by atoms with Crippen molar-refractivity contribution in [3.05, 3.63) is 24.0 Å². The zero-order chi connectivity index (χ0) is 12.3. The maximum absolute atomic E-state index is 13.2. The molecule has 0 aromatic heterocycles. The Morgan fingerprint density at radius 1 is 1.29 bits per heavy atom. The van der Waals surface area contributed by atoms with Gasteiger partial charge in [0.2, 0.25) is 0 Å². The number of hydrogen-bond donors (Lipinski definition) is 2. The van der Waals surface area contributed by atoms with Crippen molar-refractivity contribution < 1.29 is 4.39 Å². The zero-order valence-electron chi connectivity index (χ0n) is 10.4. The Morgan fingerprint density at radius 3 is 2.71 bits per heavy atom. The molecule has 2 nitrogen and oxygen atoms in total. The van der Waals surface area contributed by atoms with Crippen molar-refractivity contribution >= 4 is 11.4 Å². The number of nitrogens with one attached hydrogen (secondary N) is 1. The van der Waals surface area contributed by atoms with Crippen LogP contribution in [0.5, 0.6) is 0 Å².